The van der Waals surface area contributed by atoms with Crippen LogP contribution in [0.1, 0.15) is 31.2 Å². The van der Waals surface area contributed by atoms with Crippen LogP contribution in [0.2, 0.25) is 0 Å². The molecule has 0 aromatic heterocycles. The average Bonchev–Trinajstić information content (AvgIpc) is 3.33. The van der Waals surface area contributed by atoms with E-state index < -0.39 is 5.60 Å². The van der Waals surface area contributed by atoms with Gasteiger partial charge >= 0.3 is 0 Å². The van der Waals surface area contributed by atoms with Gasteiger partial charge in [-0.1, -0.05) is 18.2 Å². The van der Waals surface area contributed by atoms with E-state index in [1.54, 1.807) is 0 Å². The number of aliphatic hydroxyl groups is 1. The number of para-hydroxylation sites is 1. The van der Waals surface area contributed by atoms with Gasteiger partial charge in [0.25, 0.3) is 0 Å². The van der Waals surface area contributed by atoms with Gasteiger partial charge in [0.2, 0.25) is 5.91 Å². The Kier molecular flexibility index (Phi) is 4.69. The van der Waals surface area contributed by atoms with Crippen molar-refractivity contribution < 1.29 is 9.90 Å². The Morgan fingerprint density at radius 2 is 1.92 bits per heavy atom. The zero-order chi connectivity index (χ0) is 17.3. The van der Waals surface area contributed by atoms with Crippen LogP contribution < -0.4 is 4.90 Å². The van der Waals surface area contributed by atoms with Gasteiger partial charge in [-0.15, -0.1) is 0 Å². The van der Waals surface area contributed by atoms with E-state index >= 15 is 0 Å². The Labute approximate surface area is 150 Å². The molecule has 0 bridgehead atoms. The van der Waals surface area contributed by atoms with E-state index in [0.717, 1.165) is 39.1 Å². The van der Waals surface area contributed by atoms with Crippen LogP contribution in [-0.4, -0.2) is 72.2 Å². The van der Waals surface area contributed by atoms with Gasteiger partial charge in [0.05, 0.1) is 12.1 Å². The third kappa shape index (κ3) is 3.67. The second-order valence-electron chi connectivity index (χ2n) is 7.89. The predicted molar refractivity (Wildman–Crippen MR) is 98.8 cm³/mol. The highest BCUT2D eigenvalue weighted by molar-refractivity contribution is 5.77. The van der Waals surface area contributed by atoms with Crippen molar-refractivity contribution in [2.24, 2.45) is 0 Å². The topological polar surface area (TPSA) is 47.0 Å². The number of carbonyl (C=O) groups is 1. The van der Waals surface area contributed by atoms with Crippen molar-refractivity contribution in [2.75, 3.05) is 50.7 Å². The maximum Gasteiger partial charge on any atom is 0.224 e. The molecule has 1 aromatic rings. The summed E-state index contributed by atoms with van der Waals surface area (Å²) < 4.78 is 0. The van der Waals surface area contributed by atoms with Gasteiger partial charge < -0.3 is 19.8 Å². The quantitative estimate of drug-likeness (QED) is 0.880. The normalized spacial score (nSPS) is 26.4. The summed E-state index contributed by atoms with van der Waals surface area (Å²) in [5, 5.41) is 10.8. The van der Waals surface area contributed by atoms with Gasteiger partial charge in [-0.05, 0) is 50.4 Å². The van der Waals surface area contributed by atoms with Gasteiger partial charge in [0.1, 0.15) is 0 Å². The van der Waals surface area contributed by atoms with Gasteiger partial charge in [-0.25, -0.2) is 0 Å². The van der Waals surface area contributed by atoms with Crippen molar-refractivity contribution in [3.8, 4) is 0 Å². The number of hydrogen-bond donors (Lipinski definition) is 1. The first-order chi connectivity index (χ1) is 12.1. The molecule has 0 aliphatic carbocycles. The summed E-state index contributed by atoms with van der Waals surface area (Å²) in [6.45, 7) is 5.87. The number of carbonyl (C=O) groups excluding carboxylic acids is 1. The molecule has 2 fully saturated rings. The first-order valence-electron chi connectivity index (χ1n) is 9.68. The fraction of sp³-hybridized carbons (Fsp3) is 0.650. The van der Waals surface area contributed by atoms with Crippen LogP contribution >= 0.6 is 0 Å². The number of β-amino-alcohol motifs (C(OH)–C–C–N with tert-alkyl or cyclic N) is 1. The lowest BCUT2D eigenvalue weighted by Crippen LogP contribution is -2.45. The highest BCUT2D eigenvalue weighted by Crippen LogP contribution is 2.28. The van der Waals surface area contributed by atoms with Crippen LogP contribution in [0.3, 0.4) is 0 Å². The lowest BCUT2D eigenvalue weighted by molar-refractivity contribution is -0.131. The fourth-order valence-corrected chi connectivity index (χ4v) is 4.58. The lowest BCUT2D eigenvalue weighted by Gasteiger charge is -2.28. The second kappa shape index (κ2) is 6.96. The van der Waals surface area contributed by atoms with Crippen molar-refractivity contribution in [2.45, 2.75) is 37.7 Å². The number of fused-ring (bicyclic) bond motifs is 1. The molecule has 5 heteroatoms. The minimum Gasteiger partial charge on any atom is -0.387 e. The number of amides is 1. The van der Waals surface area contributed by atoms with E-state index in [1.165, 1.54) is 24.1 Å². The van der Waals surface area contributed by atoms with Gasteiger partial charge in [0, 0.05) is 38.3 Å². The maximum absolute atomic E-state index is 12.6. The van der Waals surface area contributed by atoms with Gasteiger partial charge in [0.15, 0.2) is 0 Å². The van der Waals surface area contributed by atoms with E-state index in [0.29, 0.717) is 25.9 Å². The summed E-state index contributed by atoms with van der Waals surface area (Å²) in [5.74, 6) is 0.182. The number of rotatable bonds is 5. The largest absolute Gasteiger partial charge is 0.387 e. The first kappa shape index (κ1) is 16.9. The van der Waals surface area contributed by atoms with Crippen LogP contribution in [0.25, 0.3) is 0 Å². The van der Waals surface area contributed by atoms with E-state index in [4.69, 9.17) is 0 Å². The zero-order valence-corrected chi connectivity index (χ0v) is 15.0. The molecule has 25 heavy (non-hydrogen) atoms. The molecule has 0 spiro atoms. The predicted octanol–water partition coefficient (Wildman–Crippen LogP) is 1.50. The molecule has 0 radical (unpaired) electrons. The molecule has 1 aromatic carbocycles. The Morgan fingerprint density at radius 1 is 1.12 bits per heavy atom. The SMILES string of the molecule is O=C(CCN1CCc2ccccc21)N1CCC(O)(CN2CCCC2)C1. The molecule has 5 nitrogen and oxygen atoms in total. The molecule has 3 heterocycles. The van der Waals surface area contributed by atoms with Crippen LogP contribution in [0.15, 0.2) is 24.3 Å². The van der Waals surface area contributed by atoms with Crippen molar-refractivity contribution in [1.82, 2.24) is 9.80 Å². The smallest absolute Gasteiger partial charge is 0.224 e. The third-order valence-corrected chi connectivity index (χ3v) is 5.98. The average molecular weight is 343 g/mol. The molecular weight excluding hydrogens is 314 g/mol. The van der Waals surface area contributed by atoms with E-state index in [9.17, 15) is 9.90 Å². The molecule has 1 unspecified atom stereocenters. The number of nitrogens with zero attached hydrogens (tertiary/aromatic N) is 3. The van der Waals surface area contributed by atoms with E-state index in [2.05, 4.69) is 34.1 Å². The fourth-order valence-electron chi connectivity index (χ4n) is 4.58. The summed E-state index contributed by atoms with van der Waals surface area (Å²) in [7, 11) is 0. The molecule has 1 atom stereocenters. The number of benzene rings is 1. The zero-order valence-electron chi connectivity index (χ0n) is 15.0. The summed E-state index contributed by atoms with van der Waals surface area (Å²) in [4.78, 5) is 19.1. The van der Waals surface area contributed by atoms with Gasteiger partial charge in [-0.3, -0.25) is 4.79 Å². The van der Waals surface area contributed by atoms with Crippen molar-refractivity contribution in [1.29, 1.82) is 0 Å². The van der Waals surface area contributed by atoms with Crippen molar-refractivity contribution in [3.63, 3.8) is 0 Å². The summed E-state index contributed by atoms with van der Waals surface area (Å²) in [6, 6.07) is 8.48. The molecule has 0 saturated carbocycles. The summed E-state index contributed by atoms with van der Waals surface area (Å²) in [5.41, 5.74) is 1.96. The van der Waals surface area contributed by atoms with Crippen LogP contribution in [-0.2, 0) is 11.2 Å². The van der Waals surface area contributed by atoms with E-state index in [1.807, 2.05) is 4.90 Å². The number of anilines is 1. The van der Waals surface area contributed by atoms with Crippen molar-refractivity contribution in [3.05, 3.63) is 29.8 Å². The van der Waals surface area contributed by atoms with Gasteiger partial charge in [-0.2, -0.15) is 0 Å². The minimum atomic E-state index is -0.708. The monoisotopic (exact) mass is 343 g/mol. The molecule has 1 amide bonds. The molecule has 3 aliphatic rings. The van der Waals surface area contributed by atoms with Crippen LogP contribution in [0, 0.1) is 0 Å². The second-order valence-corrected chi connectivity index (χ2v) is 7.89. The third-order valence-electron chi connectivity index (χ3n) is 5.98. The molecule has 3 aliphatic heterocycles. The molecule has 4 rings (SSSR count). The maximum atomic E-state index is 12.6. The summed E-state index contributed by atoms with van der Waals surface area (Å²) >= 11 is 0. The Bertz CT molecular complexity index is 629. The molecule has 136 valence electrons. The Hall–Kier alpha value is -1.59. The highest BCUT2D eigenvalue weighted by atomic mass is 16.3. The molecular formula is C20H29N3O2. The van der Waals surface area contributed by atoms with Crippen LogP contribution in [0.4, 0.5) is 5.69 Å². The summed E-state index contributed by atoms with van der Waals surface area (Å²) in [6.07, 6.45) is 4.78. The Morgan fingerprint density at radius 3 is 2.76 bits per heavy atom. The van der Waals surface area contributed by atoms with Crippen LogP contribution in [0.5, 0.6) is 0 Å². The lowest BCUT2D eigenvalue weighted by atomic mass is 10.0. The van der Waals surface area contributed by atoms with E-state index in [-0.39, 0.29) is 5.91 Å². The standard InChI is InChI=1S/C20H29N3O2/c24-19(8-13-22-12-7-17-5-1-2-6-18(17)22)23-14-9-20(25,16-23)15-21-10-3-4-11-21/h1-2,5-6,25H,3-4,7-16H2. The number of hydrogen-bond acceptors (Lipinski definition) is 4. The highest BCUT2D eigenvalue weighted by Gasteiger charge is 2.39. The minimum absolute atomic E-state index is 0.182. The number of likely N-dealkylation sites (tertiary alicyclic amines) is 2. The van der Waals surface area contributed by atoms with Crippen molar-refractivity contribution >= 4 is 11.6 Å². The molecule has 2 saturated heterocycles. The molecule has 1 N–H and O–H groups in total. The first-order valence-corrected chi connectivity index (χ1v) is 9.68. The Balaban J connectivity index is 1.28.